The van der Waals surface area contributed by atoms with Crippen LogP contribution in [-0.2, 0) is 6.61 Å². The van der Waals surface area contributed by atoms with Crippen LogP contribution in [0.15, 0.2) is 41.4 Å². The van der Waals surface area contributed by atoms with E-state index in [0.29, 0.717) is 11.3 Å². The highest BCUT2D eigenvalue weighted by atomic mass is 35.5. The molecule has 9 heteroatoms. The van der Waals surface area contributed by atoms with Crippen LogP contribution < -0.4 is 16.2 Å². The first-order valence-corrected chi connectivity index (χ1v) is 8.48. The van der Waals surface area contributed by atoms with Crippen molar-refractivity contribution >= 4 is 35.7 Å². The molecule has 0 bridgehead atoms. The molecule has 0 amide bonds. The standard InChI is InChI=1S/C18H21ClN4O3.ClH/c1-11-7-14(15(9-19)22-18(20)21)8-12(2)17(11)26-10-13-5-3-4-6-16(13)23(24)25;/h3-8,15H,9-10H2,1-2H3,(H4,20,21,22);1H. The maximum Gasteiger partial charge on any atom is 0.276 e. The number of ether oxygens (including phenoxy) is 1. The van der Waals surface area contributed by atoms with E-state index in [1.165, 1.54) is 6.07 Å². The largest absolute Gasteiger partial charge is 0.488 e. The number of nitrogens with two attached hydrogens (primary N) is 2. The van der Waals surface area contributed by atoms with Gasteiger partial charge in [0.1, 0.15) is 12.4 Å². The molecule has 1 atom stereocenters. The molecule has 2 aromatic carbocycles. The van der Waals surface area contributed by atoms with Gasteiger partial charge in [0, 0.05) is 11.9 Å². The number of alkyl halides is 1. The first-order valence-electron chi connectivity index (χ1n) is 7.94. The number of nitro groups is 1. The van der Waals surface area contributed by atoms with E-state index >= 15 is 0 Å². The number of benzene rings is 2. The number of guanidine groups is 1. The Hall–Kier alpha value is -2.51. The zero-order valence-corrected chi connectivity index (χ0v) is 16.6. The molecule has 0 aliphatic carbocycles. The van der Waals surface area contributed by atoms with Gasteiger partial charge in [-0.25, -0.2) is 4.99 Å². The highest BCUT2D eigenvalue weighted by Gasteiger charge is 2.16. The molecule has 0 radical (unpaired) electrons. The van der Waals surface area contributed by atoms with Crippen LogP contribution in [0.2, 0.25) is 0 Å². The number of rotatable bonds is 7. The van der Waals surface area contributed by atoms with E-state index < -0.39 is 4.92 Å². The van der Waals surface area contributed by atoms with Crippen molar-refractivity contribution in [2.24, 2.45) is 16.5 Å². The Kier molecular flexibility index (Phi) is 8.33. The first-order chi connectivity index (χ1) is 12.3. The average Bonchev–Trinajstić information content (AvgIpc) is 2.58. The van der Waals surface area contributed by atoms with Gasteiger partial charge in [-0.1, -0.05) is 24.3 Å². The monoisotopic (exact) mass is 412 g/mol. The fourth-order valence-electron chi connectivity index (χ4n) is 2.74. The minimum atomic E-state index is -0.415. The molecular formula is C18H22Cl2N4O3. The van der Waals surface area contributed by atoms with E-state index in [2.05, 4.69) is 4.99 Å². The molecule has 0 spiro atoms. The fraction of sp³-hybridized carbons (Fsp3) is 0.278. The van der Waals surface area contributed by atoms with Crippen molar-refractivity contribution < 1.29 is 9.66 Å². The van der Waals surface area contributed by atoms with Gasteiger partial charge in [-0.3, -0.25) is 10.1 Å². The SMILES string of the molecule is Cc1cc(C(CCl)N=C(N)N)cc(C)c1OCc1ccccc1[N+](=O)[O-].Cl. The van der Waals surface area contributed by atoms with Crippen molar-refractivity contribution in [3.63, 3.8) is 0 Å². The summed E-state index contributed by atoms with van der Waals surface area (Å²) in [6, 6.07) is 9.98. The van der Waals surface area contributed by atoms with E-state index in [4.69, 9.17) is 27.8 Å². The van der Waals surface area contributed by atoms with Crippen molar-refractivity contribution in [3.8, 4) is 5.75 Å². The lowest BCUT2D eigenvalue weighted by molar-refractivity contribution is -0.385. The van der Waals surface area contributed by atoms with Gasteiger partial charge in [-0.2, -0.15) is 0 Å². The lowest BCUT2D eigenvalue weighted by Gasteiger charge is -2.17. The fourth-order valence-corrected chi connectivity index (χ4v) is 2.99. The van der Waals surface area contributed by atoms with Crippen LogP contribution in [-0.4, -0.2) is 16.8 Å². The van der Waals surface area contributed by atoms with E-state index in [-0.39, 0.29) is 42.6 Å². The van der Waals surface area contributed by atoms with Gasteiger partial charge in [-0.15, -0.1) is 24.0 Å². The predicted octanol–water partition coefficient (Wildman–Crippen LogP) is 3.77. The molecule has 0 aliphatic rings. The van der Waals surface area contributed by atoms with Crippen LogP contribution in [0, 0.1) is 24.0 Å². The van der Waals surface area contributed by atoms with Crippen LogP contribution in [0.1, 0.15) is 28.3 Å². The molecule has 2 aromatic rings. The van der Waals surface area contributed by atoms with Crippen molar-refractivity contribution in [1.29, 1.82) is 0 Å². The molecule has 0 aromatic heterocycles. The predicted molar refractivity (Wildman–Crippen MR) is 110 cm³/mol. The molecule has 7 nitrogen and oxygen atoms in total. The lowest BCUT2D eigenvalue weighted by atomic mass is 10.0. The summed E-state index contributed by atoms with van der Waals surface area (Å²) in [6.07, 6.45) is 0. The second-order valence-corrected chi connectivity index (χ2v) is 6.19. The molecule has 1 unspecified atom stereocenters. The zero-order chi connectivity index (χ0) is 19.3. The Bertz CT molecular complexity index is 816. The smallest absolute Gasteiger partial charge is 0.276 e. The van der Waals surface area contributed by atoms with Crippen molar-refractivity contribution in [2.45, 2.75) is 26.5 Å². The van der Waals surface area contributed by atoms with Gasteiger partial charge >= 0.3 is 0 Å². The molecule has 27 heavy (non-hydrogen) atoms. The molecule has 0 aliphatic heterocycles. The van der Waals surface area contributed by atoms with Crippen molar-refractivity contribution in [2.75, 3.05) is 5.88 Å². The number of hydrogen-bond donors (Lipinski definition) is 2. The van der Waals surface area contributed by atoms with Crippen LogP contribution in [0.4, 0.5) is 5.69 Å². The molecule has 0 heterocycles. The third kappa shape index (κ3) is 5.74. The van der Waals surface area contributed by atoms with Gasteiger partial charge in [-0.05, 0) is 36.6 Å². The average molecular weight is 413 g/mol. The Labute approximate surface area is 168 Å². The molecule has 0 saturated carbocycles. The minimum Gasteiger partial charge on any atom is -0.488 e. The summed E-state index contributed by atoms with van der Waals surface area (Å²) in [7, 11) is 0. The number of halogens is 2. The lowest BCUT2D eigenvalue weighted by Crippen LogP contribution is -2.24. The summed E-state index contributed by atoms with van der Waals surface area (Å²) in [5.74, 6) is 0.889. The molecular weight excluding hydrogens is 391 g/mol. The third-order valence-electron chi connectivity index (χ3n) is 3.88. The van der Waals surface area contributed by atoms with E-state index in [1.54, 1.807) is 18.2 Å². The molecule has 0 fully saturated rings. The van der Waals surface area contributed by atoms with Crippen LogP contribution in [0.5, 0.6) is 5.75 Å². The molecule has 4 N–H and O–H groups in total. The highest BCUT2D eigenvalue weighted by Crippen LogP contribution is 2.31. The zero-order valence-electron chi connectivity index (χ0n) is 15.0. The Morgan fingerprint density at radius 2 is 1.85 bits per heavy atom. The topological polar surface area (TPSA) is 117 Å². The molecule has 146 valence electrons. The van der Waals surface area contributed by atoms with Gasteiger partial charge in [0.2, 0.25) is 0 Å². The van der Waals surface area contributed by atoms with Gasteiger partial charge in [0.15, 0.2) is 5.96 Å². The van der Waals surface area contributed by atoms with E-state index in [1.807, 2.05) is 26.0 Å². The number of nitro benzene ring substituents is 1. The quantitative estimate of drug-likeness (QED) is 0.236. The van der Waals surface area contributed by atoms with E-state index in [9.17, 15) is 10.1 Å². The maximum absolute atomic E-state index is 11.1. The van der Waals surface area contributed by atoms with Crippen LogP contribution in [0.25, 0.3) is 0 Å². The number of aliphatic imine (C=N–C) groups is 1. The van der Waals surface area contributed by atoms with Gasteiger partial charge in [0.25, 0.3) is 5.69 Å². The highest BCUT2D eigenvalue weighted by molar-refractivity contribution is 6.18. The Morgan fingerprint density at radius 3 is 2.37 bits per heavy atom. The van der Waals surface area contributed by atoms with Gasteiger partial charge in [0.05, 0.1) is 16.5 Å². The van der Waals surface area contributed by atoms with Crippen molar-refractivity contribution in [1.82, 2.24) is 0 Å². The molecule has 0 saturated heterocycles. The third-order valence-corrected chi connectivity index (χ3v) is 4.17. The normalized spacial score (nSPS) is 11.2. The minimum absolute atomic E-state index is 0. The second-order valence-electron chi connectivity index (χ2n) is 5.88. The Morgan fingerprint density at radius 1 is 1.26 bits per heavy atom. The molecule has 2 rings (SSSR count). The van der Waals surface area contributed by atoms with E-state index in [0.717, 1.165) is 16.7 Å². The summed E-state index contributed by atoms with van der Waals surface area (Å²) >= 11 is 5.97. The number of hydrogen-bond acceptors (Lipinski definition) is 4. The van der Waals surface area contributed by atoms with Crippen molar-refractivity contribution in [3.05, 3.63) is 68.8 Å². The summed E-state index contributed by atoms with van der Waals surface area (Å²) in [5.41, 5.74) is 14.1. The summed E-state index contributed by atoms with van der Waals surface area (Å²) in [6.45, 7) is 3.89. The number of para-hydroxylation sites is 1. The van der Waals surface area contributed by atoms with Crippen LogP contribution in [0.3, 0.4) is 0 Å². The maximum atomic E-state index is 11.1. The Balaban J connectivity index is 0.00000364. The summed E-state index contributed by atoms with van der Waals surface area (Å²) in [5, 5.41) is 11.1. The van der Waals surface area contributed by atoms with Crippen LogP contribution >= 0.6 is 24.0 Å². The number of nitrogens with zero attached hydrogens (tertiary/aromatic N) is 2. The number of aryl methyl sites for hydroxylation is 2. The summed E-state index contributed by atoms with van der Waals surface area (Å²) in [4.78, 5) is 14.8. The van der Waals surface area contributed by atoms with Gasteiger partial charge < -0.3 is 16.2 Å². The first kappa shape index (κ1) is 22.5. The second kappa shape index (κ2) is 9.99. The summed E-state index contributed by atoms with van der Waals surface area (Å²) < 4.78 is 5.87.